The van der Waals surface area contributed by atoms with Gasteiger partial charge in [-0.25, -0.2) is 0 Å². The van der Waals surface area contributed by atoms with E-state index in [1.165, 1.54) is 0 Å². The summed E-state index contributed by atoms with van der Waals surface area (Å²) in [5.74, 6) is 0.952. The summed E-state index contributed by atoms with van der Waals surface area (Å²) in [5.41, 5.74) is 1.34. The zero-order valence-electron chi connectivity index (χ0n) is 11.3. The van der Waals surface area contributed by atoms with Crippen LogP contribution in [-0.4, -0.2) is 17.1 Å². The number of nitrogens with zero attached hydrogens (tertiary/aromatic N) is 1. The van der Waals surface area contributed by atoms with E-state index in [4.69, 9.17) is 4.52 Å². The molecule has 17 heavy (non-hydrogen) atoms. The lowest BCUT2D eigenvalue weighted by molar-refractivity contribution is 0.0922. The molecule has 0 saturated heterocycles. The number of rotatable bonds is 5. The van der Waals surface area contributed by atoms with Gasteiger partial charge in [0.2, 0.25) is 0 Å². The van der Waals surface area contributed by atoms with Crippen molar-refractivity contribution in [3.05, 3.63) is 17.0 Å². The predicted molar refractivity (Wildman–Crippen MR) is 67.0 cm³/mol. The Labute approximate surface area is 103 Å². The Morgan fingerprint density at radius 2 is 2.06 bits per heavy atom. The van der Waals surface area contributed by atoms with Gasteiger partial charge in [-0.05, 0) is 25.7 Å². The minimum absolute atomic E-state index is 0.0684. The zero-order valence-corrected chi connectivity index (χ0v) is 11.3. The molecule has 1 amide bonds. The third-order valence-electron chi connectivity index (χ3n) is 3.06. The van der Waals surface area contributed by atoms with Crippen molar-refractivity contribution in [2.24, 2.45) is 5.92 Å². The summed E-state index contributed by atoms with van der Waals surface area (Å²) in [6, 6.07) is 0.196. The SMILES string of the molecule is CCc1noc(C)c1C(=O)N[C@H](CC)C(C)C. The van der Waals surface area contributed by atoms with E-state index >= 15 is 0 Å². The molecule has 0 aliphatic heterocycles. The van der Waals surface area contributed by atoms with Gasteiger partial charge in [0, 0.05) is 6.04 Å². The normalized spacial score (nSPS) is 12.8. The summed E-state index contributed by atoms with van der Waals surface area (Å²) < 4.78 is 5.07. The first-order valence-corrected chi connectivity index (χ1v) is 6.27. The number of hydrogen-bond acceptors (Lipinski definition) is 3. The Kier molecular flexibility index (Phi) is 4.73. The van der Waals surface area contributed by atoms with Gasteiger partial charge >= 0.3 is 0 Å². The molecule has 1 atom stereocenters. The fourth-order valence-electron chi connectivity index (χ4n) is 1.93. The highest BCUT2D eigenvalue weighted by molar-refractivity contribution is 5.96. The number of amides is 1. The van der Waals surface area contributed by atoms with Crippen molar-refractivity contribution in [2.75, 3.05) is 0 Å². The van der Waals surface area contributed by atoms with Crippen molar-refractivity contribution in [2.45, 2.75) is 53.5 Å². The Balaban J connectivity index is 2.85. The van der Waals surface area contributed by atoms with Gasteiger partial charge in [0.1, 0.15) is 11.3 Å². The smallest absolute Gasteiger partial charge is 0.257 e. The van der Waals surface area contributed by atoms with Crippen LogP contribution in [0.3, 0.4) is 0 Å². The lowest BCUT2D eigenvalue weighted by atomic mass is 10.0. The average Bonchev–Trinajstić information content (AvgIpc) is 2.66. The Bertz CT molecular complexity index is 383. The van der Waals surface area contributed by atoms with Crippen molar-refractivity contribution in [1.29, 1.82) is 0 Å². The Hall–Kier alpha value is -1.32. The fourth-order valence-corrected chi connectivity index (χ4v) is 1.93. The fraction of sp³-hybridized carbons (Fsp3) is 0.692. The largest absolute Gasteiger partial charge is 0.361 e. The van der Waals surface area contributed by atoms with Gasteiger partial charge in [-0.2, -0.15) is 0 Å². The highest BCUT2D eigenvalue weighted by Crippen LogP contribution is 2.15. The van der Waals surface area contributed by atoms with E-state index in [2.05, 4.69) is 31.2 Å². The summed E-state index contributed by atoms with van der Waals surface area (Å²) in [5, 5.41) is 6.94. The number of nitrogens with one attached hydrogen (secondary N) is 1. The number of aryl methyl sites for hydroxylation is 2. The minimum atomic E-state index is -0.0684. The summed E-state index contributed by atoms with van der Waals surface area (Å²) >= 11 is 0. The Morgan fingerprint density at radius 1 is 1.41 bits per heavy atom. The molecule has 1 heterocycles. The second-order valence-electron chi connectivity index (χ2n) is 4.65. The van der Waals surface area contributed by atoms with E-state index in [0.717, 1.165) is 12.1 Å². The summed E-state index contributed by atoms with van der Waals surface area (Å²) in [6.07, 6.45) is 1.63. The number of carbonyl (C=O) groups excluding carboxylic acids is 1. The maximum Gasteiger partial charge on any atom is 0.257 e. The van der Waals surface area contributed by atoms with Crippen LogP contribution in [0, 0.1) is 12.8 Å². The average molecular weight is 238 g/mol. The van der Waals surface area contributed by atoms with Crippen LogP contribution in [-0.2, 0) is 6.42 Å². The van der Waals surface area contributed by atoms with Crippen LogP contribution in [0.25, 0.3) is 0 Å². The zero-order chi connectivity index (χ0) is 13.0. The Morgan fingerprint density at radius 3 is 2.53 bits per heavy atom. The van der Waals surface area contributed by atoms with Crippen molar-refractivity contribution < 1.29 is 9.32 Å². The van der Waals surface area contributed by atoms with Crippen LogP contribution >= 0.6 is 0 Å². The number of carbonyl (C=O) groups is 1. The molecule has 4 nitrogen and oxygen atoms in total. The number of aromatic nitrogens is 1. The standard InChI is InChI=1S/C13H22N2O2/c1-6-10(8(3)4)14-13(16)12-9(5)17-15-11(12)7-2/h8,10H,6-7H2,1-5H3,(H,14,16)/t10-/m1/s1. The molecule has 1 N–H and O–H groups in total. The van der Waals surface area contributed by atoms with Crippen molar-refractivity contribution in [1.82, 2.24) is 10.5 Å². The van der Waals surface area contributed by atoms with Gasteiger partial charge in [0.05, 0.1) is 5.69 Å². The highest BCUT2D eigenvalue weighted by Gasteiger charge is 2.22. The van der Waals surface area contributed by atoms with E-state index in [0.29, 0.717) is 23.7 Å². The lowest BCUT2D eigenvalue weighted by Gasteiger charge is -2.20. The molecule has 0 unspecified atom stereocenters. The lowest BCUT2D eigenvalue weighted by Crippen LogP contribution is -2.38. The molecule has 0 aromatic carbocycles. The number of hydrogen-bond donors (Lipinski definition) is 1. The van der Waals surface area contributed by atoms with Crippen molar-refractivity contribution in [3.63, 3.8) is 0 Å². The first-order valence-electron chi connectivity index (χ1n) is 6.27. The summed E-state index contributed by atoms with van der Waals surface area (Å²) in [7, 11) is 0. The van der Waals surface area contributed by atoms with Gasteiger partial charge < -0.3 is 9.84 Å². The molecule has 96 valence electrons. The van der Waals surface area contributed by atoms with Crippen LogP contribution in [0.5, 0.6) is 0 Å². The van der Waals surface area contributed by atoms with Crippen LogP contribution in [0.2, 0.25) is 0 Å². The van der Waals surface area contributed by atoms with Crippen LogP contribution < -0.4 is 5.32 Å². The first kappa shape index (κ1) is 13.7. The molecular formula is C13H22N2O2. The second kappa shape index (κ2) is 5.84. The molecule has 0 bridgehead atoms. The molecule has 0 fully saturated rings. The molecule has 1 rings (SSSR count). The van der Waals surface area contributed by atoms with Gasteiger partial charge in [0.15, 0.2) is 0 Å². The molecule has 4 heteroatoms. The van der Waals surface area contributed by atoms with Crippen LogP contribution in [0.15, 0.2) is 4.52 Å². The van der Waals surface area contributed by atoms with Gasteiger partial charge in [0.25, 0.3) is 5.91 Å². The maximum absolute atomic E-state index is 12.2. The third kappa shape index (κ3) is 3.08. The maximum atomic E-state index is 12.2. The quantitative estimate of drug-likeness (QED) is 0.858. The third-order valence-corrected chi connectivity index (χ3v) is 3.06. The minimum Gasteiger partial charge on any atom is -0.361 e. The summed E-state index contributed by atoms with van der Waals surface area (Å²) in [4.78, 5) is 12.2. The van der Waals surface area contributed by atoms with Crippen molar-refractivity contribution >= 4 is 5.91 Å². The molecule has 0 aliphatic carbocycles. The monoisotopic (exact) mass is 238 g/mol. The van der Waals surface area contributed by atoms with E-state index in [-0.39, 0.29) is 11.9 Å². The molecule has 1 aromatic rings. The van der Waals surface area contributed by atoms with Gasteiger partial charge in [-0.15, -0.1) is 0 Å². The van der Waals surface area contributed by atoms with E-state index in [1.54, 1.807) is 6.92 Å². The topological polar surface area (TPSA) is 55.1 Å². The van der Waals surface area contributed by atoms with E-state index < -0.39 is 0 Å². The van der Waals surface area contributed by atoms with Crippen molar-refractivity contribution in [3.8, 4) is 0 Å². The summed E-state index contributed by atoms with van der Waals surface area (Å²) in [6.45, 7) is 10.0. The first-order chi connectivity index (χ1) is 8.01. The molecule has 0 aliphatic rings. The van der Waals surface area contributed by atoms with E-state index in [1.807, 2.05) is 6.92 Å². The molecular weight excluding hydrogens is 216 g/mol. The van der Waals surface area contributed by atoms with Gasteiger partial charge in [-0.3, -0.25) is 4.79 Å². The van der Waals surface area contributed by atoms with Crippen LogP contribution in [0.4, 0.5) is 0 Å². The van der Waals surface area contributed by atoms with E-state index in [9.17, 15) is 4.79 Å². The predicted octanol–water partition coefficient (Wildman–Crippen LogP) is 2.71. The van der Waals surface area contributed by atoms with Crippen LogP contribution in [0.1, 0.15) is 55.9 Å². The second-order valence-corrected chi connectivity index (χ2v) is 4.65. The highest BCUT2D eigenvalue weighted by atomic mass is 16.5. The van der Waals surface area contributed by atoms with Gasteiger partial charge in [-0.1, -0.05) is 32.9 Å². The molecule has 1 aromatic heterocycles. The molecule has 0 spiro atoms. The molecule has 0 radical (unpaired) electrons. The molecule has 0 saturated carbocycles.